The number of aromatic nitrogens is 1. The number of aliphatic hydroxyl groups excluding tert-OH is 1. The second-order valence-corrected chi connectivity index (χ2v) is 8.94. The zero-order chi connectivity index (χ0) is 23.9. The molecule has 0 spiro atoms. The number of rotatable bonds is 5. The molecule has 1 aliphatic heterocycles. The lowest BCUT2D eigenvalue weighted by molar-refractivity contribution is 0.184. The Kier molecular flexibility index (Phi) is 8.13. The molecule has 3 aromatic carbocycles. The molecular formula is C27H27N3O2S2. The van der Waals surface area contributed by atoms with Gasteiger partial charge in [-0.25, -0.2) is 0 Å². The molecule has 2 N–H and O–H groups in total. The summed E-state index contributed by atoms with van der Waals surface area (Å²) in [7, 11) is 1.00. The highest BCUT2D eigenvalue weighted by molar-refractivity contribution is 8.00. The topological polar surface area (TPSA) is 57.6 Å². The number of aliphatic hydroxyl groups is 1. The van der Waals surface area contributed by atoms with Crippen LogP contribution in [-0.4, -0.2) is 36.3 Å². The molecule has 1 aliphatic rings. The molecule has 1 aromatic heterocycles. The number of hydrogen-bond acceptors (Lipinski definition) is 7. The van der Waals surface area contributed by atoms with E-state index in [1.807, 2.05) is 36.5 Å². The van der Waals surface area contributed by atoms with Gasteiger partial charge in [-0.15, -0.1) is 12.6 Å². The molecule has 7 heteroatoms. The summed E-state index contributed by atoms with van der Waals surface area (Å²) >= 11 is 6.39. The van der Waals surface area contributed by atoms with Gasteiger partial charge >= 0.3 is 0 Å². The Morgan fingerprint density at radius 2 is 1.88 bits per heavy atom. The number of hydrogen-bond donors (Lipinski definition) is 3. The minimum Gasteiger partial charge on any atom is -0.400 e. The van der Waals surface area contributed by atoms with Gasteiger partial charge in [0.25, 0.3) is 0 Å². The van der Waals surface area contributed by atoms with Gasteiger partial charge < -0.3 is 19.5 Å². The molecule has 0 saturated carbocycles. The molecule has 2 heterocycles. The Morgan fingerprint density at radius 1 is 1.09 bits per heavy atom. The molecule has 0 radical (unpaired) electrons. The summed E-state index contributed by atoms with van der Waals surface area (Å²) in [6, 6.07) is 24.8. The fraction of sp³-hybridized carbons (Fsp3) is 0.148. The third-order valence-corrected chi connectivity index (χ3v) is 6.82. The summed E-state index contributed by atoms with van der Waals surface area (Å²) in [6.07, 6.45) is 1.85. The number of nitrogens with zero attached hydrogens (tertiary/aromatic N) is 2. The van der Waals surface area contributed by atoms with E-state index in [4.69, 9.17) is 22.5 Å². The number of fused-ring (bicyclic) bond motifs is 1. The lowest BCUT2D eigenvalue weighted by Gasteiger charge is -2.27. The molecule has 0 bridgehead atoms. The van der Waals surface area contributed by atoms with Gasteiger partial charge in [0.05, 0.1) is 18.8 Å². The van der Waals surface area contributed by atoms with E-state index < -0.39 is 0 Å². The summed E-state index contributed by atoms with van der Waals surface area (Å²) in [5.41, 5.74) is 5.93. The van der Waals surface area contributed by atoms with Crippen molar-refractivity contribution in [2.45, 2.75) is 4.90 Å². The molecule has 4 aromatic rings. The Hall–Kier alpha value is -2.97. The van der Waals surface area contributed by atoms with Crippen molar-refractivity contribution < 1.29 is 9.84 Å². The van der Waals surface area contributed by atoms with E-state index in [2.05, 4.69) is 63.6 Å². The molecule has 1 fully saturated rings. The fourth-order valence-corrected chi connectivity index (χ4v) is 4.83. The second kappa shape index (κ2) is 11.4. The SMILES string of the molecule is C=C(Nc1ccc(S)c(-c2nccc3ccccc23)c1)c1ccc(N2CCOCS2)cc1.CO. The van der Waals surface area contributed by atoms with Crippen molar-refractivity contribution in [3.63, 3.8) is 0 Å². The number of anilines is 2. The Balaban J connectivity index is 0.00000133. The predicted molar refractivity (Wildman–Crippen MR) is 147 cm³/mol. The fourth-order valence-electron chi connectivity index (χ4n) is 3.79. The van der Waals surface area contributed by atoms with E-state index in [1.165, 1.54) is 5.69 Å². The van der Waals surface area contributed by atoms with Crippen molar-refractivity contribution in [2.75, 3.05) is 35.8 Å². The van der Waals surface area contributed by atoms with Gasteiger partial charge in [-0.3, -0.25) is 4.98 Å². The zero-order valence-electron chi connectivity index (χ0n) is 18.9. The van der Waals surface area contributed by atoms with Gasteiger partial charge in [-0.05, 0) is 59.3 Å². The van der Waals surface area contributed by atoms with Crippen LogP contribution in [0.1, 0.15) is 5.56 Å². The molecule has 0 unspecified atom stereocenters. The van der Waals surface area contributed by atoms with Crippen LogP contribution in [0.3, 0.4) is 0 Å². The lowest BCUT2D eigenvalue weighted by Crippen LogP contribution is -2.26. The van der Waals surface area contributed by atoms with Gasteiger partial charge in [0, 0.05) is 46.2 Å². The summed E-state index contributed by atoms with van der Waals surface area (Å²) in [6.45, 7) is 5.91. The summed E-state index contributed by atoms with van der Waals surface area (Å²) in [4.78, 5) is 5.54. The first-order chi connectivity index (χ1) is 16.7. The van der Waals surface area contributed by atoms with Crippen LogP contribution in [-0.2, 0) is 4.74 Å². The van der Waals surface area contributed by atoms with Crippen LogP contribution in [0, 0.1) is 0 Å². The molecule has 174 valence electrons. The normalized spacial score (nSPS) is 13.2. The third-order valence-electron chi connectivity index (χ3n) is 5.45. The average molecular weight is 490 g/mol. The smallest absolute Gasteiger partial charge is 0.112 e. The lowest BCUT2D eigenvalue weighted by atomic mass is 10.0. The standard InChI is InChI=1S/C26H23N3OS2.CH4O/c1-18(19-6-9-22(10-7-19)29-14-15-30-17-32-29)28-21-8-11-25(31)24(16-21)26-23-5-3-2-4-20(23)12-13-27-26;1-2/h2-13,16,28,31H,1,14-15,17H2;2H,1H3. The van der Waals surface area contributed by atoms with Crippen molar-refractivity contribution >= 4 is 52.4 Å². The Bertz CT molecular complexity index is 1270. The first-order valence-electron chi connectivity index (χ1n) is 10.9. The monoisotopic (exact) mass is 489 g/mol. The maximum absolute atomic E-state index is 7.00. The van der Waals surface area contributed by atoms with Gasteiger partial charge in [0.15, 0.2) is 0 Å². The van der Waals surface area contributed by atoms with Crippen molar-refractivity contribution in [1.29, 1.82) is 0 Å². The van der Waals surface area contributed by atoms with Gasteiger partial charge in [-0.2, -0.15) is 0 Å². The molecule has 0 aliphatic carbocycles. The minimum absolute atomic E-state index is 0.699. The van der Waals surface area contributed by atoms with E-state index in [-0.39, 0.29) is 0 Å². The average Bonchev–Trinajstić information content (AvgIpc) is 2.91. The Labute approximate surface area is 210 Å². The van der Waals surface area contributed by atoms with Crippen molar-refractivity contribution in [3.05, 3.63) is 91.1 Å². The van der Waals surface area contributed by atoms with Crippen molar-refractivity contribution in [2.24, 2.45) is 0 Å². The van der Waals surface area contributed by atoms with Crippen LogP contribution >= 0.6 is 24.6 Å². The maximum atomic E-state index is 7.00. The maximum Gasteiger partial charge on any atom is 0.112 e. The number of ether oxygens (including phenoxy) is 1. The highest BCUT2D eigenvalue weighted by atomic mass is 32.2. The van der Waals surface area contributed by atoms with E-state index in [0.717, 1.165) is 64.1 Å². The number of thiol groups is 1. The first-order valence-corrected chi connectivity index (χ1v) is 12.2. The largest absolute Gasteiger partial charge is 0.400 e. The van der Waals surface area contributed by atoms with Crippen LogP contribution in [0.15, 0.2) is 90.5 Å². The number of nitrogens with one attached hydrogen (secondary N) is 1. The van der Waals surface area contributed by atoms with E-state index >= 15 is 0 Å². The van der Waals surface area contributed by atoms with E-state index in [1.54, 1.807) is 11.9 Å². The Morgan fingerprint density at radius 3 is 2.65 bits per heavy atom. The molecule has 34 heavy (non-hydrogen) atoms. The zero-order valence-corrected chi connectivity index (χ0v) is 20.7. The van der Waals surface area contributed by atoms with Gasteiger partial charge in [-0.1, -0.05) is 43.0 Å². The van der Waals surface area contributed by atoms with E-state index in [0.29, 0.717) is 5.94 Å². The van der Waals surface area contributed by atoms with Crippen molar-refractivity contribution in [3.8, 4) is 11.3 Å². The van der Waals surface area contributed by atoms with Gasteiger partial charge in [0.2, 0.25) is 0 Å². The highest BCUT2D eigenvalue weighted by Crippen LogP contribution is 2.34. The van der Waals surface area contributed by atoms with Crippen LogP contribution in [0.25, 0.3) is 27.7 Å². The van der Waals surface area contributed by atoms with E-state index in [9.17, 15) is 0 Å². The molecule has 5 nitrogen and oxygen atoms in total. The number of benzene rings is 3. The van der Waals surface area contributed by atoms with Crippen LogP contribution < -0.4 is 9.62 Å². The van der Waals surface area contributed by atoms with Gasteiger partial charge in [0.1, 0.15) is 5.94 Å². The number of pyridine rings is 1. The summed E-state index contributed by atoms with van der Waals surface area (Å²) in [5, 5.41) is 12.7. The second-order valence-electron chi connectivity index (χ2n) is 7.52. The third kappa shape index (κ3) is 5.39. The molecule has 0 atom stereocenters. The minimum atomic E-state index is 0.699. The highest BCUT2D eigenvalue weighted by Gasteiger charge is 2.13. The quantitative estimate of drug-likeness (QED) is 0.225. The summed E-state index contributed by atoms with van der Waals surface area (Å²) in [5.74, 6) is 0.699. The molecule has 1 saturated heterocycles. The molecular weight excluding hydrogens is 462 g/mol. The van der Waals surface area contributed by atoms with Crippen LogP contribution in [0.2, 0.25) is 0 Å². The molecule has 5 rings (SSSR count). The van der Waals surface area contributed by atoms with Crippen LogP contribution in [0.4, 0.5) is 11.4 Å². The predicted octanol–water partition coefficient (Wildman–Crippen LogP) is 6.32. The van der Waals surface area contributed by atoms with Crippen LogP contribution in [0.5, 0.6) is 0 Å². The first kappa shape index (κ1) is 24.2. The molecule has 0 amide bonds. The summed E-state index contributed by atoms with van der Waals surface area (Å²) < 4.78 is 7.67. The van der Waals surface area contributed by atoms with Crippen molar-refractivity contribution in [1.82, 2.24) is 4.98 Å².